The highest BCUT2D eigenvalue weighted by atomic mass is 35.5. The average molecular weight is 301 g/mol. The summed E-state index contributed by atoms with van der Waals surface area (Å²) in [4.78, 5) is 11.6. The molecule has 0 heterocycles. The van der Waals surface area contributed by atoms with Gasteiger partial charge in [-0.15, -0.1) is 12.4 Å². The van der Waals surface area contributed by atoms with Crippen molar-refractivity contribution in [2.45, 2.75) is 52.2 Å². The minimum atomic E-state index is -0.00658. The molecule has 114 valence electrons. The van der Waals surface area contributed by atoms with Crippen LogP contribution in [0.2, 0.25) is 0 Å². The summed E-state index contributed by atoms with van der Waals surface area (Å²) in [7, 11) is 0. The Bertz CT molecular complexity index is 393. The molecule has 0 aliphatic rings. The molecule has 0 aliphatic carbocycles. The Hall–Kier alpha value is -1.26. The SMILES string of the molecule is CCC(C)Oc1ccc(NC(=O)CCC(C)N)cc1.Cl. The van der Waals surface area contributed by atoms with Crippen LogP contribution in [-0.4, -0.2) is 18.1 Å². The van der Waals surface area contributed by atoms with Gasteiger partial charge in [0, 0.05) is 18.2 Å². The van der Waals surface area contributed by atoms with Gasteiger partial charge in [0.1, 0.15) is 5.75 Å². The highest BCUT2D eigenvalue weighted by Gasteiger charge is 2.05. The Labute approximate surface area is 127 Å². The van der Waals surface area contributed by atoms with Crippen LogP contribution in [0.25, 0.3) is 0 Å². The van der Waals surface area contributed by atoms with Crippen LogP contribution in [0.3, 0.4) is 0 Å². The largest absolute Gasteiger partial charge is 0.491 e. The van der Waals surface area contributed by atoms with E-state index in [0.29, 0.717) is 12.8 Å². The fourth-order valence-corrected chi connectivity index (χ4v) is 1.51. The van der Waals surface area contributed by atoms with E-state index in [1.54, 1.807) is 0 Å². The standard InChI is InChI=1S/C15H24N2O2.ClH/c1-4-12(3)19-14-8-6-13(7-9-14)17-15(18)10-5-11(2)16;/h6-9,11-12H,4-5,10,16H2,1-3H3,(H,17,18);1H. The molecule has 0 fully saturated rings. The molecule has 1 amide bonds. The minimum Gasteiger partial charge on any atom is -0.491 e. The van der Waals surface area contributed by atoms with Gasteiger partial charge in [0.2, 0.25) is 5.91 Å². The van der Waals surface area contributed by atoms with E-state index in [0.717, 1.165) is 17.9 Å². The van der Waals surface area contributed by atoms with Crippen molar-refractivity contribution in [1.29, 1.82) is 0 Å². The fourth-order valence-electron chi connectivity index (χ4n) is 1.51. The molecular formula is C15H25ClN2O2. The van der Waals surface area contributed by atoms with Crippen LogP contribution in [0.5, 0.6) is 5.75 Å². The lowest BCUT2D eigenvalue weighted by Gasteiger charge is -2.13. The van der Waals surface area contributed by atoms with E-state index >= 15 is 0 Å². The number of nitrogens with two attached hydrogens (primary N) is 1. The van der Waals surface area contributed by atoms with Crippen molar-refractivity contribution in [2.75, 3.05) is 5.32 Å². The predicted octanol–water partition coefficient (Wildman–Crippen LogP) is 3.35. The van der Waals surface area contributed by atoms with Gasteiger partial charge in [-0.1, -0.05) is 6.92 Å². The topological polar surface area (TPSA) is 64.3 Å². The van der Waals surface area contributed by atoms with Gasteiger partial charge in [0.15, 0.2) is 0 Å². The number of anilines is 1. The second kappa shape index (κ2) is 9.61. The zero-order valence-corrected chi connectivity index (χ0v) is 13.2. The average Bonchev–Trinajstić information content (AvgIpc) is 2.38. The van der Waals surface area contributed by atoms with Crippen molar-refractivity contribution in [1.82, 2.24) is 0 Å². The van der Waals surface area contributed by atoms with E-state index in [2.05, 4.69) is 12.2 Å². The van der Waals surface area contributed by atoms with Crippen LogP contribution in [0.4, 0.5) is 5.69 Å². The van der Waals surface area contributed by atoms with Gasteiger partial charge < -0.3 is 15.8 Å². The van der Waals surface area contributed by atoms with Crippen molar-refractivity contribution in [3.05, 3.63) is 24.3 Å². The number of hydrogen-bond donors (Lipinski definition) is 2. The number of ether oxygens (including phenoxy) is 1. The Morgan fingerprint density at radius 3 is 2.40 bits per heavy atom. The van der Waals surface area contributed by atoms with Gasteiger partial charge in [-0.25, -0.2) is 0 Å². The summed E-state index contributed by atoms with van der Waals surface area (Å²) in [6.45, 7) is 6.01. The summed E-state index contributed by atoms with van der Waals surface area (Å²) in [6.07, 6.45) is 2.31. The van der Waals surface area contributed by atoms with E-state index in [9.17, 15) is 4.79 Å². The lowest BCUT2D eigenvalue weighted by molar-refractivity contribution is -0.116. The molecule has 0 saturated carbocycles. The smallest absolute Gasteiger partial charge is 0.224 e. The third-order valence-corrected chi connectivity index (χ3v) is 2.88. The fraction of sp³-hybridized carbons (Fsp3) is 0.533. The van der Waals surface area contributed by atoms with Gasteiger partial charge >= 0.3 is 0 Å². The summed E-state index contributed by atoms with van der Waals surface area (Å²) in [5, 5.41) is 2.84. The van der Waals surface area contributed by atoms with Crippen molar-refractivity contribution >= 4 is 24.0 Å². The lowest BCUT2D eigenvalue weighted by Crippen LogP contribution is -2.19. The van der Waals surface area contributed by atoms with Crippen molar-refractivity contribution in [3.63, 3.8) is 0 Å². The summed E-state index contributed by atoms with van der Waals surface area (Å²) in [5.74, 6) is 0.816. The quantitative estimate of drug-likeness (QED) is 0.811. The van der Waals surface area contributed by atoms with Crippen LogP contribution < -0.4 is 15.8 Å². The molecule has 0 saturated heterocycles. The van der Waals surface area contributed by atoms with E-state index in [4.69, 9.17) is 10.5 Å². The van der Waals surface area contributed by atoms with E-state index < -0.39 is 0 Å². The minimum absolute atomic E-state index is 0. The van der Waals surface area contributed by atoms with Crippen molar-refractivity contribution < 1.29 is 9.53 Å². The van der Waals surface area contributed by atoms with E-state index in [-0.39, 0.29) is 30.5 Å². The van der Waals surface area contributed by atoms with Gasteiger partial charge in [-0.2, -0.15) is 0 Å². The maximum absolute atomic E-state index is 11.6. The third kappa shape index (κ3) is 7.36. The number of halogens is 1. The summed E-state index contributed by atoms with van der Waals surface area (Å²) in [6, 6.07) is 7.49. The molecule has 1 rings (SSSR count). The first-order chi connectivity index (χ1) is 9.01. The monoisotopic (exact) mass is 300 g/mol. The molecule has 1 aromatic rings. The van der Waals surface area contributed by atoms with Gasteiger partial charge in [-0.3, -0.25) is 4.79 Å². The maximum Gasteiger partial charge on any atom is 0.224 e. The molecule has 0 radical (unpaired) electrons. The first-order valence-corrected chi connectivity index (χ1v) is 6.83. The van der Waals surface area contributed by atoms with Gasteiger partial charge in [0.25, 0.3) is 0 Å². The molecule has 2 atom stereocenters. The highest BCUT2D eigenvalue weighted by molar-refractivity contribution is 5.90. The van der Waals surface area contributed by atoms with Crippen LogP contribution in [0.15, 0.2) is 24.3 Å². The molecule has 2 unspecified atom stereocenters. The summed E-state index contributed by atoms with van der Waals surface area (Å²) < 4.78 is 5.67. The number of amides is 1. The number of rotatable bonds is 7. The second-order valence-electron chi connectivity index (χ2n) is 4.93. The maximum atomic E-state index is 11.6. The zero-order valence-electron chi connectivity index (χ0n) is 12.4. The number of hydrogen-bond acceptors (Lipinski definition) is 3. The van der Waals surface area contributed by atoms with Crippen LogP contribution in [-0.2, 0) is 4.79 Å². The van der Waals surface area contributed by atoms with Crippen molar-refractivity contribution in [3.8, 4) is 5.75 Å². The Balaban J connectivity index is 0.00000361. The molecule has 0 bridgehead atoms. The molecule has 3 N–H and O–H groups in total. The molecule has 0 aliphatic heterocycles. The van der Waals surface area contributed by atoms with E-state index in [1.807, 2.05) is 38.1 Å². The number of benzene rings is 1. The summed E-state index contributed by atoms with van der Waals surface area (Å²) in [5.41, 5.74) is 6.40. The van der Waals surface area contributed by atoms with Crippen LogP contribution in [0.1, 0.15) is 40.0 Å². The number of carbonyl (C=O) groups is 1. The Morgan fingerprint density at radius 1 is 1.30 bits per heavy atom. The third-order valence-electron chi connectivity index (χ3n) is 2.88. The van der Waals surface area contributed by atoms with Gasteiger partial charge in [0.05, 0.1) is 6.10 Å². The Morgan fingerprint density at radius 2 is 1.90 bits per heavy atom. The second-order valence-corrected chi connectivity index (χ2v) is 4.93. The highest BCUT2D eigenvalue weighted by Crippen LogP contribution is 2.17. The molecule has 0 spiro atoms. The van der Waals surface area contributed by atoms with Crippen LogP contribution >= 0.6 is 12.4 Å². The van der Waals surface area contributed by atoms with Gasteiger partial charge in [-0.05, 0) is 51.0 Å². The first-order valence-electron chi connectivity index (χ1n) is 6.83. The molecule has 0 aromatic heterocycles. The predicted molar refractivity (Wildman–Crippen MR) is 85.6 cm³/mol. The number of nitrogens with one attached hydrogen (secondary N) is 1. The molecule has 5 heteroatoms. The molecule has 1 aromatic carbocycles. The number of carbonyl (C=O) groups excluding carboxylic acids is 1. The van der Waals surface area contributed by atoms with Crippen LogP contribution in [0, 0.1) is 0 Å². The van der Waals surface area contributed by atoms with E-state index in [1.165, 1.54) is 0 Å². The lowest BCUT2D eigenvalue weighted by atomic mass is 10.2. The first kappa shape index (κ1) is 18.7. The molecule has 20 heavy (non-hydrogen) atoms. The molecule has 4 nitrogen and oxygen atoms in total. The molecular weight excluding hydrogens is 276 g/mol. The summed E-state index contributed by atoms with van der Waals surface area (Å²) >= 11 is 0. The Kier molecular flexibility index (Phi) is 9.01. The van der Waals surface area contributed by atoms with Crippen molar-refractivity contribution in [2.24, 2.45) is 5.73 Å². The zero-order chi connectivity index (χ0) is 14.3. The normalized spacial score (nSPS) is 13.0.